The number of aromatic amines is 1. The minimum atomic E-state index is -0.330. The molecule has 0 saturated heterocycles. The predicted octanol–water partition coefficient (Wildman–Crippen LogP) is -0.285. The van der Waals surface area contributed by atoms with E-state index < -0.39 is 0 Å². The molecular weight excluding hydrogens is 198 g/mol. The van der Waals surface area contributed by atoms with Gasteiger partial charge >= 0.3 is 0 Å². The van der Waals surface area contributed by atoms with Gasteiger partial charge in [-0.05, 0) is 12.8 Å². The summed E-state index contributed by atoms with van der Waals surface area (Å²) in [7, 11) is 1.41. The van der Waals surface area contributed by atoms with Gasteiger partial charge in [0.15, 0.2) is 5.82 Å². The van der Waals surface area contributed by atoms with Crippen LogP contribution in [0.15, 0.2) is 11.1 Å². The Morgan fingerprint density at radius 2 is 2.47 bits per heavy atom. The molecule has 1 saturated carbocycles. The second kappa shape index (κ2) is 3.54. The van der Waals surface area contributed by atoms with Crippen molar-refractivity contribution in [3.63, 3.8) is 0 Å². The van der Waals surface area contributed by atoms with E-state index in [4.69, 9.17) is 9.84 Å². The normalized spacial score (nSPS) is 17.2. The van der Waals surface area contributed by atoms with E-state index in [0.717, 1.165) is 12.8 Å². The Labute approximate surface area is 86.3 Å². The molecule has 0 atom stereocenters. The van der Waals surface area contributed by atoms with Gasteiger partial charge in [0.25, 0.3) is 5.56 Å². The van der Waals surface area contributed by atoms with Gasteiger partial charge in [-0.25, -0.2) is 4.98 Å². The number of methoxy groups -OCH3 is 1. The van der Waals surface area contributed by atoms with Crippen LogP contribution in [0.4, 0.5) is 5.82 Å². The van der Waals surface area contributed by atoms with Crippen LogP contribution in [0.3, 0.4) is 0 Å². The molecule has 82 valence electrons. The first kappa shape index (κ1) is 9.97. The number of nitrogens with one attached hydrogen (secondary N) is 2. The molecule has 1 heterocycles. The third-order valence-electron chi connectivity index (χ3n) is 2.55. The van der Waals surface area contributed by atoms with Gasteiger partial charge in [-0.15, -0.1) is 0 Å². The molecule has 1 aliphatic carbocycles. The van der Waals surface area contributed by atoms with E-state index in [2.05, 4.69) is 15.3 Å². The number of H-pyrrole nitrogens is 1. The average Bonchev–Trinajstić information content (AvgIpc) is 2.99. The Hall–Kier alpha value is -1.56. The summed E-state index contributed by atoms with van der Waals surface area (Å²) < 4.78 is 4.94. The van der Waals surface area contributed by atoms with Crippen LogP contribution in [0.1, 0.15) is 12.8 Å². The third kappa shape index (κ3) is 1.80. The van der Waals surface area contributed by atoms with Gasteiger partial charge in [-0.3, -0.25) is 4.79 Å². The second-order valence-electron chi connectivity index (χ2n) is 3.68. The van der Waals surface area contributed by atoms with Crippen LogP contribution in [0.25, 0.3) is 0 Å². The zero-order valence-electron chi connectivity index (χ0n) is 8.41. The second-order valence-corrected chi connectivity index (χ2v) is 3.68. The Balaban J connectivity index is 2.28. The van der Waals surface area contributed by atoms with Crippen molar-refractivity contribution < 1.29 is 9.84 Å². The summed E-state index contributed by atoms with van der Waals surface area (Å²) >= 11 is 0. The number of hydrogen-bond acceptors (Lipinski definition) is 5. The summed E-state index contributed by atoms with van der Waals surface area (Å²) in [6.07, 6.45) is 3.06. The van der Waals surface area contributed by atoms with E-state index in [0.29, 0.717) is 5.82 Å². The fourth-order valence-corrected chi connectivity index (χ4v) is 1.39. The minimum Gasteiger partial charge on any atom is -0.489 e. The molecule has 0 aliphatic heterocycles. The van der Waals surface area contributed by atoms with E-state index in [1.807, 2.05) is 0 Å². The van der Waals surface area contributed by atoms with Crippen molar-refractivity contribution in [2.75, 3.05) is 19.0 Å². The molecule has 2 rings (SSSR count). The average molecular weight is 211 g/mol. The smallest absolute Gasteiger partial charge is 0.295 e. The largest absolute Gasteiger partial charge is 0.489 e. The number of anilines is 1. The Morgan fingerprint density at radius 3 is 3.00 bits per heavy atom. The lowest BCUT2D eigenvalue weighted by atomic mass is 10.3. The number of aromatic nitrogens is 2. The van der Waals surface area contributed by atoms with E-state index >= 15 is 0 Å². The lowest BCUT2D eigenvalue weighted by Crippen LogP contribution is -2.27. The molecule has 0 aromatic carbocycles. The highest BCUT2D eigenvalue weighted by Gasteiger charge is 2.43. The first-order valence-corrected chi connectivity index (χ1v) is 4.71. The first-order chi connectivity index (χ1) is 7.21. The molecule has 0 spiro atoms. The topological polar surface area (TPSA) is 87.2 Å². The lowest BCUT2D eigenvalue weighted by molar-refractivity contribution is 0.265. The van der Waals surface area contributed by atoms with E-state index in [1.165, 1.54) is 13.4 Å². The Morgan fingerprint density at radius 1 is 1.73 bits per heavy atom. The van der Waals surface area contributed by atoms with Crippen molar-refractivity contribution >= 4 is 5.82 Å². The van der Waals surface area contributed by atoms with Gasteiger partial charge in [0, 0.05) is 0 Å². The van der Waals surface area contributed by atoms with Crippen LogP contribution < -0.4 is 15.6 Å². The molecule has 1 aliphatic rings. The van der Waals surface area contributed by atoms with Crippen LogP contribution in [0, 0.1) is 0 Å². The molecule has 6 nitrogen and oxygen atoms in total. The summed E-state index contributed by atoms with van der Waals surface area (Å²) in [6, 6.07) is 0. The van der Waals surface area contributed by atoms with Crippen LogP contribution in [-0.2, 0) is 0 Å². The maximum Gasteiger partial charge on any atom is 0.295 e. The fourth-order valence-electron chi connectivity index (χ4n) is 1.39. The summed E-state index contributed by atoms with van der Waals surface area (Å²) in [5, 5.41) is 12.2. The van der Waals surface area contributed by atoms with Crippen LogP contribution >= 0.6 is 0 Å². The maximum absolute atomic E-state index is 11.3. The lowest BCUT2D eigenvalue weighted by Gasteiger charge is -2.16. The van der Waals surface area contributed by atoms with Crippen molar-refractivity contribution in [3.8, 4) is 5.75 Å². The summed E-state index contributed by atoms with van der Waals surface area (Å²) in [5.74, 6) is 0.532. The highest BCUT2D eigenvalue weighted by Crippen LogP contribution is 2.38. The number of nitrogens with zero attached hydrogens (tertiary/aromatic N) is 1. The van der Waals surface area contributed by atoms with Crippen LogP contribution in [-0.4, -0.2) is 34.3 Å². The monoisotopic (exact) mass is 211 g/mol. The molecule has 3 N–H and O–H groups in total. The minimum absolute atomic E-state index is 0.0324. The van der Waals surface area contributed by atoms with E-state index in [1.54, 1.807) is 0 Å². The summed E-state index contributed by atoms with van der Waals surface area (Å²) in [6.45, 7) is 0.0324. The number of hydrogen-bond donors (Lipinski definition) is 3. The first-order valence-electron chi connectivity index (χ1n) is 4.71. The number of aliphatic hydroxyl groups excluding tert-OH is 1. The Kier molecular flexibility index (Phi) is 2.36. The molecule has 0 bridgehead atoms. The fraction of sp³-hybridized carbons (Fsp3) is 0.556. The van der Waals surface area contributed by atoms with Crippen molar-refractivity contribution in [2.24, 2.45) is 0 Å². The quantitative estimate of drug-likeness (QED) is 0.637. The van der Waals surface area contributed by atoms with Crippen LogP contribution in [0.5, 0.6) is 5.75 Å². The molecule has 0 unspecified atom stereocenters. The van der Waals surface area contributed by atoms with Gasteiger partial charge in [-0.1, -0.05) is 0 Å². The van der Waals surface area contributed by atoms with Crippen molar-refractivity contribution in [1.82, 2.24) is 9.97 Å². The summed E-state index contributed by atoms with van der Waals surface area (Å²) in [4.78, 5) is 17.7. The molecule has 0 radical (unpaired) electrons. The predicted molar refractivity (Wildman–Crippen MR) is 54.1 cm³/mol. The van der Waals surface area contributed by atoms with Gasteiger partial charge in [0.05, 0.1) is 25.6 Å². The molecule has 15 heavy (non-hydrogen) atoms. The van der Waals surface area contributed by atoms with Gasteiger partial charge < -0.3 is 20.1 Å². The Bertz CT molecular complexity index is 411. The zero-order chi connectivity index (χ0) is 10.9. The highest BCUT2D eigenvalue weighted by molar-refractivity contribution is 5.51. The molecule has 6 heteroatoms. The van der Waals surface area contributed by atoms with E-state index in [9.17, 15) is 4.79 Å². The van der Waals surface area contributed by atoms with Crippen molar-refractivity contribution in [3.05, 3.63) is 16.7 Å². The molecule has 0 amide bonds. The standard InChI is InChI=1S/C9H13N3O3/c1-15-6-7(10-5-11-8(6)14)12-9(4-13)2-3-9/h5,13H,2-4H2,1H3,(H2,10,11,12,14). The van der Waals surface area contributed by atoms with Crippen molar-refractivity contribution in [1.29, 1.82) is 0 Å². The number of ether oxygens (including phenoxy) is 1. The number of aliphatic hydroxyl groups is 1. The van der Waals surface area contributed by atoms with Crippen molar-refractivity contribution in [2.45, 2.75) is 18.4 Å². The van der Waals surface area contributed by atoms with E-state index in [-0.39, 0.29) is 23.5 Å². The molecule has 1 aromatic rings. The zero-order valence-corrected chi connectivity index (χ0v) is 8.41. The maximum atomic E-state index is 11.3. The van der Waals surface area contributed by atoms with Gasteiger partial charge in [0.1, 0.15) is 0 Å². The summed E-state index contributed by atoms with van der Waals surface area (Å²) in [5.41, 5.74) is -0.641. The third-order valence-corrected chi connectivity index (χ3v) is 2.55. The van der Waals surface area contributed by atoms with Gasteiger partial charge in [-0.2, -0.15) is 0 Å². The number of rotatable bonds is 4. The molecule has 1 fully saturated rings. The van der Waals surface area contributed by atoms with Crippen LogP contribution in [0.2, 0.25) is 0 Å². The van der Waals surface area contributed by atoms with Gasteiger partial charge in [0.2, 0.25) is 5.75 Å². The SMILES string of the molecule is COc1c(NC2(CO)CC2)nc[nH]c1=O. The molecular formula is C9H13N3O3. The highest BCUT2D eigenvalue weighted by atomic mass is 16.5. The molecule has 1 aromatic heterocycles.